The third-order valence-corrected chi connectivity index (χ3v) is 3.02. The van der Waals surface area contributed by atoms with Crippen LogP contribution in [-0.4, -0.2) is 22.8 Å². The highest BCUT2D eigenvalue weighted by atomic mass is 35.5. The standard InChI is InChI=1S/C13H17ClFN3O/c1-8(2)7-19-4-3-18-12-6-10(15)9(14)5-11(12)17-13(18)16/h5-6,8H,3-4,7H2,1-2H3,(H2,16,17). The highest BCUT2D eigenvalue weighted by Gasteiger charge is 2.11. The molecule has 0 atom stereocenters. The lowest BCUT2D eigenvalue weighted by molar-refractivity contribution is 0.104. The van der Waals surface area contributed by atoms with E-state index < -0.39 is 5.82 Å². The molecule has 0 saturated carbocycles. The maximum Gasteiger partial charge on any atom is 0.201 e. The quantitative estimate of drug-likeness (QED) is 0.859. The smallest absolute Gasteiger partial charge is 0.201 e. The molecule has 0 bridgehead atoms. The van der Waals surface area contributed by atoms with Crippen LogP contribution < -0.4 is 5.73 Å². The van der Waals surface area contributed by atoms with Gasteiger partial charge in [-0.05, 0) is 12.0 Å². The van der Waals surface area contributed by atoms with Crippen molar-refractivity contribution in [3.63, 3.8) is 0 Å². The van der Waals surface area contributed by atoms with Crippen LogP contribution >= 0.6 is 11.6 Å². The molecule has 0 aliphatic carbocycles. The van der Waals surface area contributed by atoms with E-state index in [0.29, 0.717) is 42.7 Å². The summed E-state index contributed by atoms with van der Waals surface area (Å²) < 4.78 is 20.7. The fraction of sp³-hybridized carbons (Fsp3) is 0.462. The second-order valence-corrected chi connectivity index (χ2v) is 5.25. The summed E-state index contributed by atoms with van der Waals surface area (Å²) in [7, 11) is 0. The molecule has 2 N–H and O–H groups in total. The highest BCUT2D eigenvalue weighted by Crippen LogP contribution is 2.24. The minimum absolute atomic E-state index is 0.0493. The van der Waals surface area contributed by atoms with Gasteiger partial charge in [0.2, 0.25) is 5.95 Å². The van der Waals surface area contributed by atoms with Gasteiger partial charge < -0.3 is 15.0 Å². The van der Waals surface area contributed by atoms with E-state index in [1.165, 1.54) is 12.1 Å². The summed E-state index contributed by atoms with van der Waals surface area (Å²) in [5, 5.41) is 0.0493. The van der Waals surface area contributed by atoms with E-state index in [1.54, 1.807) is 4.57 Å². The fourth-order valence-electron chi connectivity index (χ4n) is 1.85. The monoisotopic (exact) mass is 285 g/mol. The van der Waals surface area contributed by atoms with Gasteiger partial charge in [-0.1, -0.05) is 25.4 Å². The van der Waals surface area contributed by atoms with Crippen molar-refractivity contribution < 1.29 is 9.13 Å². The molecule has 0 aliphatic heterocycles. The fourth-order valence-corrected chi connectivity index (χ4v) is 2.01. The summed E-state index contributed by atoms with van der Waals surface area (Å²) in [6.45, 7) is 5.90. The molecular formula is C13H17ClFN3O. The molecular weight excluding hydrogens is 269 g/mol. The molecule has 0 radical (unpaired) electrons. The number of aromatic nitrogens is 2. The Balaban J connectivity index is 2.18. The van der Waals surface area contributed by atoms with Crippen molar-refractivity contribution in [3.8, 4) is 0 Å². The van der Waals surface area contributed by atoms with E-state index in [0.717, 1.165) is 0 Å². The normalized spacial score (nSPS) is 11.6. The Morgan fingerprint density at radius 2 is 2.21 bits per heavy atom. The number of anilines is 1. The molecule has 0 spiro atoms. The third-order valence-electron chi connectivity index (χ3n) is 2.73. The Morgan fingerprint density at radius 3 is 2.89 bits per heavy atom. The first-order valence-electron chi connectivity index (χ1n) is 6.17. The Labute approximate surface area is 116 Å². The molecule has 2 rings (SSSR count). The van der Waals surface area contributed by atoms with E-state index in [1.807, 2.05) is 0 Å². The summed E-state index contributed by atoms with van der Waals surface area (Å²) in [5.41, 5.74) is 7.05. The van der Waals surface area contributed by atoms with Crippen molar-refractivity contribution in [1.29, 1.82) is 0 Å². The number of halogens is 2. The van der Waals surface area contributed by atoms with Gasteiger partial charge >= 0.3 is 0 Å². The number of benzene rings is 1. The first-order chi connectivity index (χ1) is 8.99. The van der Waals surface area contributed by atoms with E-state index in [9.17, 15) is 4.39 Å². The average Bonchev–Trinajstić information content (AvgIpc) is 2.61. The van der Waals surface area contributed by atoms with Crippen LogP contribution in [0.25, 0.3) is 11.0 Å². The van der Waals surface area contributed by atoms with Crippen molar-refractivity contribution >= 4 is 28.6 Å². The molecule has 0 aliphatic rings. The first-order valence-corrected chi connectivity index (χ1v) is 6.55. The second kappa shape index (κ2) is 5.75. The van der Waals surface area contributed by atoms with Crippen molar-refractivity contribution in [2.75, 3.05) is 18.9 Å². The lowest BCUT2D eigenvalue weighted by Crippen LogP contribution is -2.11. The van der Waals surface area contributed by atoms with Crippen LogP contribution in [0.3, 0.4) is 0 Å². The van der Waals surface area contributed by atoms with Crippen LogP contribution in [0.5, 0.6) is 0 Å². The number of imidazole rings is 1. The predicted octanol–water partition coefficient (Wildman–Crippen LogP) is 3.08. The molecule has 4 nitrogen and oxygen atoms in total. The zero-order chi connectivity index (χ0) is 14.0. The molecule has 1 aromatic carbocycles. The minimum Gasteiger partial charge on any atom is -0.379 e. The number of nitrogens with zero attached hydrogens (tertiary/aromatic N) is 2. The number of rotatable bonds is 5. The predicted molar refractivity (Wildman–Crippen MR) is 74.8 cm³/mol. The summed E-state index contributed by atoms with van der Waals surface area (Å²) in [6, 6.07) is 2.83. The Kier molecular flexibility index (Phi) is 4.27. The zero-order valence-corrected chi connectivity index (χ0v) is 11.7. The average molecular weight is 286 g/mol. The van der Waals surface area contributed by atoms with E-state index >= 15 is 0 Å². The van der Waals surface area contributed by atoms with Gasteiger partial charge in [0, 0.05) is 19.2 Å². The minimum atomic E-state index is -0.474. The van der Waals surface area contributed by atoms with Gasteiger partial charge in [0.15, 0.2) is 0 Å². The van der Waals surface area contributed by atoms with Crippen LogP contribution in [0, 0.1) is 11.7 Å². The first kappa shape index (κ1) is 14.1. The number of fused-ring (bicyclic) bond motifs is 1. The van der Waals surface area contributed by atoms with E-state index in [-0.39, 0.29) is 5.02 Å². The molecule has 2 aromatic rings. The summed E-state index contributed by atoms with van der Waals surface area (Å²) in [5.74, 6) is 0.344. The molecule has 0 saturated heterocycles. The maximum absolute atomic E-state index is 13.5. The molecule has 1 aromatic heterocycles. The summed E-state index contributed by atoms with van der Waals surface area (Å²) in [6.07, 6.45) is 0. The van der Waals surface area contributed by atoms with Crippen LogP contribution in [0.1, 0.15) is 13.8 Å². The topological polar surface area (TPSA) is 53.1 Å². The third kappa shape index (κ3) is 3.16. The largest absolute Gasteiger partial charge is 0.379 e. The van der Waals surface area contributed by atoms with Crippen molar-refractivity contribution in [3.05, 3.63) is 23.0 Å². The SMILES string of the molecule is CC(C)COCCn1c(N)nc2cc(Cl)c(F)cc21. The molecule has 0 fully saturated rings. The van der Waals surface area contributed by atoms with Crippen LogP contribution in [0.15, 0.2) is 12.1 Å². The van der Waals surface area contributed by atoms with Gasteiger partial charge in [-0.25, -0.2) is 9.37 Å². The van der Waals surface area contributed by atoms with Crippen molar-refractivity contribution in [2.24, 2.45) is 5.92 Å². The molecule has 0 unspecified atom stereocenters. The summed E-state index contributed by atoms with van der Waals surface area (Å²) in [4.78, 5) is 4.16. The Morgan fingerprint density at radius 1 is 1.47 bits per heavy atom. The number of nitrogens with two attached hydrogens (primary N) is 1. The number of hydrogen-bond donors (Lipinski definition) is 1. The van der Waals surface area contributed by atoms with Crippen LogP contribution in [0.2, 0.25) is 5.02 Å². The van der Waals surface area contributed by atoms with Gasteiger partial charge in [0.25, 0.3) is 0 Å². The van der Waals surface area contributed by atoms with Gasteiger partial charge in [-0.3, -0.25) is 0 Å². The molecule has 104 valence electrons. The maximum atomic E-state index is 13.5. The van der Waals surface area contributed by atoms with Gasteiger partial charge in [0.1, 0.15) is 5.82 Å². The number of nitrogen functional groups attached to an aromatic ring is 1. The zero-order valence-electron chi connectivity index (χ0n) is 11.0. The van der Waals surface area contributed by atoms with E-state index in [4.69, 9.17) is 22.1 Å². The summed E-state index contributed by atoms with van der Waals surface area (Å²) >= 11 is 5.72. The lowest BCUT2D eigenvalue weighted by atomic mass is 10.2. The van der Waals surface area contributed by atoms with Crippen LogP contribution in [-0.2, 0) is 11.3 Å². The molecule has 6 heteroatoms. The Bertz CT molecular complexity index is 583. The number of hydrogen-bond acceptors (Lipinski definition) is 3. The Hall–Kier alpha value is -1.33. The lowest BCUT2D eigenvalue weighted by Gasteiger charge is -2.09. The number of ether oxygens (including phenoxy) is 1. The highest BCUT2D eigenvalue weighted by molar-refractivity contribution is 6.31. The van der Waals surface area contributed by atoms with Gasteiger partial charge in [-0.2, -0.15) is 0 Å². The molecule has 1 heterocycles. The van der Waals surface area contributed by atoms with Crippen molar-refractivity contribution in [1.82, 2.24) is 9.55 Å². The molecule has 0 amide bonds. The van der Waals surface area contributed by atoms with Gasteiger partial charge in [-0.15, -0.1) is 0 Å². The van der Waals surface area contributed by atoms with Gasteiger partial charge in [0.05, 0.1) is 22.7 Å². The second-order valence-electron chi connectivity index (χ2n) is 4.85. The van der Waals surface area contributed by atoms with E-state index in [2.05, 4.69) is 18.8 Å². The van der Waals surface area contributed by atoms with Crippen molar-refractivity contribution in [2.45, 2.75) is 20.4 Å². The molecule has 19 heavy (non-hydrogen) atoms. The van der Waals surface area contributed by atoms with Crippen LogP contribution in [0.4, 0.5) is 10.3 Å².